The summed E-state index contributed by atoms with van der Waals surface area (Å²) in [5.74, 6) is 1.57. The fraction of sp³-hybridized carbons (Fsp3) is 0.636. The molecule has 0 saturated carbocycles. The van der Waals surface area contributed by atoms with Crippen LogP contribution in [-0.4, -0.2) is 62.3 Å². The highest BCUT2D eigenvalue weighted by atomic mass is 16.5. The van der Waals surface area contributed by atoms with Gasteiger partial charge in [-0.25, -0.2) is 0 Å². The number of piperidine rings is 1. The molecule has 0 aliphatic carbocycles. The average molecular weight is 405 g/mol. The van der Waals surface area contributed by atoms with Crippen LogP contribution < -0.4 is 14.8 Å². The zero-order valence-corrected chi connectivity index (χ0v) is 17.4. The van der Waals surface area contributed by atoms with Crippen LogP contribution in [0.3, 0.4) is 0 Å². The highest BCUT2D eigenvalue weighted by Gasteiger charge is 2.28. The minimum atomic E-state index is -0.291. The van der Waals surface area contributed by atoms with Gasteiger partial charge in [0.2, 0.25) is 11.8 Å². The van der Waals surface area contributed by atoms with Gasteiger partial charge in [-0.3, -0.25) is 9.59 Å². The smallest absolute Gasteiger partial charge is 0.249 e. The van der Waals surface area contributed by atoms with Gasteiger partial charge in [0.1, 0.15) is 6.10 Å². The van der Waals surface area contributed by atoms with Crippen molar-refractivity contribution in [2.24, 2.45) is 0 Å². The van der Waals surface area contributed by atoms with Crippen molar-refractivity contribution >= 4 is 11.8 Å². The molecule has 2 aliphatic rings. The monoisotopic (exact) mass is 404 g/mol. The summed E-state index contributed by atoms with van der Waals surface area (Å²) in [6.45, 7) is 4.55. The van der Waals surface area contributed by atoms with Crippen molar-refractivity contribution in [3.63, 3.8) is 0 Å². The van der Waals surface area contributed by atoms with Crippen LogP contribution in [-0.2, 0) is 20.7 Å². The molecule has 29 heavy (non-hydrogen) atoms. The lowest BCUT2D eigenvalue weighted by atomic mass is 10.0. The van der Waals surface area contributed by atoms with Crippen LogP contribution in [0.5, 0.6) is 11.5 Å². The molecule has 2 heterocycles. The number of hydrogen-bond donors (Lipinski definition) is 1. The molecule has 1 aromatic carbocycles. The van der Waals surface area contributed by atoms with E-state index < -0.39 is 0 Å². The molecule has 7 heteroatoms. The van der Waals surface area contributed by atoms with Crippen LogP contribution in [0.15, 0.2) is 18.2 Å². The fourth-order valence-corrected chi connectivity index (χ4v) is 3.90. The van der Waals surface area contributed by atoms with E-state index in [1.54, 1.807) is 7.11 Å². The van der Waals surface area contributed by atoms with Gasteiger partial charge >= 0.3 is 0 Å². The van der Waals surface area contributed by atoms with Crippen LogP contribution >= 0.6 is 0 Å². The lowest BCUT2D eigenvalue weighted by Gasteiger charge is -2.33. The van der Waals surface area contributed by atoms with E-state index in [0.29, 0.717) is 44.9 Å². The first kappa shape index (κ1) is 21.4. The molecule has 160 valence electrons. The molecule has 2 fully saturated rings. The number of aryl methyl sites for hydroxylation is 1. The van der Waals surface area contributed by atoms with Gasteiger partial charge in [-0.2, -0.15) is 0 Å². The number of nitrogens with zero attached hydrogens (tertiary/aromatic N) is 1. The molecule has 0 spiro atoms. The summed E-state index contributed by atoms with van der Waals surface area (Å²) in [6, 6.07) is 5.94. The lowest BCUT2D eigenvalue weighted by molar-refractivity contribution is -0.133. The summed E-state index contributed by atoms with van der Waals surface area (Å²) < 4.78 is 16.3. The van der Waals surface area contributed by atoms with Crippen LogP contribution in [0, 0.1) is 0 Å². The first-order valence-corrected chi connectivity index (χ1v) is 10.6. The number of amides is 2. The topological polar surface area (TPSA) is 77.1 Å². The van der Waals surface area contributed by atoms with Crippen molar-refractivity contribution in [3.8, 4) is 11.5 Å². The van der Waals surface area contributed by atoms with Gasteiger partial charge in [-0.05, 0) is 56.7 Å². The van der Waals surface area contributed by atoms with Crippen molar-refractivity contribution in [1.29, 1.82) is 0 Å². The number of methoxy groups -OCH3 is 1. The Morgan fingerprint density at radius 2 is 2.00 bits per heavy atom. The number of carbonyl (C=O) groups is 2. The number of likely N-dealkylation sites (tertiary alicyclic amines) is 1. The maximum Gasteiger partial charge on any atom is 0.249 e. The molecule has 1 N–H and O–H groups in total. The highest BCUT2D eigenvalue weighted by molar-refractivity contribution is 5.81. The predicted molar refractivity (Wildman–Crippen MR) is 109 cm³/mol. The molecule has 2 aliphatic heterocycles. The Hall–Kier alpha value is -2.28. The molecular formula is C22H32N2O5. The maximum absolute atomic E-state index is 12.6. The van der Waals surface area contributed by atoms with Gasteiger partial charge in [0.05, 0.1) is 13.7 Å². The molecule has 0 radical (unpaired) electrons. The SMILES string of the molecule is CCOc1ccc(CCC(=O)N2CCC(NC(=O)C3CCCO3)CC2)cc1OC. The van der Waals surface area contributed by atoms with Gasteiger partial charge in [-0.1, -0.05) is 6.07 Å². The van der Waals surface area contributed by atoms with Gasteiger partial charge in [0.15, 0.2) is 11.5 Å². The highest BCUT2D eigenvalue weighted by Crippen LogP contribution is 2.28. The molecule has 3 rings (SSSR count). The lowest BCUT2D eigenvalue weighted by Crippen LogP contribution is -2.48. The molecule has 0 aromatic heterocycles. The van der Waals surface area contributed by atoms with Gasteiger partial charge in [-0.15, -0.1) is 0 Å². The Morgan fingerprint density at radius 3 is 2.66 bits per heavy atom. The Balaban J connectivity index is 1.42. The largest absolute Gasteiger partial charge is 0.493 e. The average Bonchev–Trinajstić information content (AvgIpc) is 3.28. The molecule has 1 atom stereocenters. The molecule has 1 unspecified atom stereocenters. The van der Waals surface area contributed by atoms with E-state index in [4.69, 9.17) is 14.2 Å². The van der Waals surface area contributed by atoms with Crippen molar-refractivity contribution in [1.82, 2.24) is 10.2 Å². The molecule has 2 saturated heterocycles. The molecule has 1 aromatic rings. The first-order valence-electron chi connectivity index (χ1n) is 10.6. The molecular weight excluding hydrogens is 372 g/mol. The molecule has 7 nitrogen and oxygen atoms in total. The predicted octanol–water partition coefficient (Wildman–Crippen LogP) is 2.31. The number of rotatable bonds is 8. The van der Waals surface area contributed by atoms with E-state index in [1.165, 1.54) is 0 Å². The second kappa shape index (κ2) is 10.5. The standard InChI is InChI=1S/C22H32N2O5/c1-3-28-18-8-6-16(15-20(18)27-2)7-9-21(25)24-12-10-17(11-13-24)23-22(26)19-5-4-14-29-19/h6,8,15,17,19H,3-5,7,9-14H2,1-2H3,(H,23,26). The summed E-state index contributed by atoms with van der Waals surface area (Å²) >= 11 is 0. The normalized spacial score (nSPS) is 19.8. The second-order valence-electron chi connectivity index (χ2n) is 7.58. The van der Waals surface area contributed by atoms with Gasteiger partial charge in [0.25, 0.3) is 0 Å². The van der Waals surface area contributed by atoms with Crippen LogP contribution in [0.25, 0.3) is 0 Å². The van der Waals surface area contributed by atoms with E-state index in [1.807, 2.05) is 30.0 Å². The summed E-state index contributed by atoms with van der Waals surface area (Å²) in [4.78, 5) is 26.7. The Bertz CT molecular complexity index is 694. The number of ether oxygens (including phenoxy) is 3. The second-order valence-corrected chi connectivity index (χ2v) is 7.58. The minimum absolute atomic E-state index is 0.00303. The minimum Gasteiger partial charge on any atom is -0.493 e. The number of benzene rings is 1. The first-order chi connectivity index (χ1) is 14.1. The third kappa shape index (κ3) is 5.85. The van der Waals surface area contributed by atoms with Crippen LogP contribution in [0.4, 0.5) is 0 Å². The Labute approximate surface area is 172 Å². The number of carbonyl (C=O) groups excluding carboxylic acids is 2. The number of nitrogens with one attached hydrogen (secondary N) is 1. The summed E-state index contributed by atoms with van der Waals surface area (Å²) in [5, 5.41) is 3.08. The van der Waals surface area contributed by atoms with Gasteiger partial charge in [0, 0.05) is 32.2 Å². The zero-order valence-electron chi connectivity index (χ0n) is 17.4. The Kier molecular flexibility index (Phi) is 7.75. The van der Waals surface area contributed by atoms with Crippen molar-refractivity contribution in [3.05, 3.63) is 23.8 Å². The zero-order chi connectivity index (χ0) is 20.6. The van der Waals surface area contributed by atoms with Crippen molar-refractivity contribution < 1.29 is 23.8 Å². The van der Waals surface area contributed by atoms with Gasteiger partial charge < -0.3 is 24.4 Å². The quantitative estimate of drug-likeness (QED) is 0.720. The van der Waals surface area contributed by atoms with E-state index >= 15 is 0 Å². The maximum atomic E-state index is 12.6. The van der Waals surface area contributed by atoms with Crippen LogP contribution in [0.2, 0.25) is 0 Å². The van der Waals surface area contributed by atoms with Crippen LogP contribution in [0.1, 0.15) is 44.6 Å². The molecule has 0 bridgehead atoms. The summed E-state index contributed by atoms with van der Waals surface area (Å²) in [6.07, 6.45) is 4.18. The van der Waals surface area contributed by atoms with E-state index in [2.05, 4.69) is 5.32 Å². The Morgan fingerprint density at radius 1 is 1.21 bits per heavy atom. The van der Waals surface area contributed by atoms with E-state index in [0.717, 1.165) is 37.0 Å². The summed E-state index contributed by atoms with van der Waals surface area (Å²) in [5.41, 5.74) is 1.05. The van der Waals surface area contributed by atoms with E-state index in [-0.39, 0.29) is 24.0 Å². The number of hydrogen-bond acceptors (Lipinski definition) is 5. The third-order valence-electron chi connectivity index (χ3n) is 5.57. The molecule has 2 amide bonds. The van der Waals surface area contributed by atoms with Crippen molar-refractivity contribution in [2.75, 3.05) is 33.4 Å². The van der Waals surface area contributed by atoms with Crippen molar-refractivity contribution in [2.45, 2.75) is 57.6 Å². The third-order valence-corrected chi connectivity index (χ3v) is 5.57. The van der Waals surface area contributed by atoms with E-state index in [9.17, 15) is 9.59 Å². The summed E-state index contributed by atoms with van der Waals surface area (Å²) in [7, 11) is 1.62. The fourth-order valence-electron chi connectivity index (χ4n) is 3.90.